The molecule has 5 aromatic carbocycles. The van der Waals surface area contributed by atoms with Crippen LogP contribution in [0.3, 0.4) is 0 Å². The molecule has 57 heavy (non-hydrogen) atoms. The van der Waals surface area contributed by atoms with Gasteiger partial charge in [-0.3, -0.25) is 25.2 Å². The fourth-order valence-electron chi connectivity index (χ4n) is 6.29. The zero-order valence-corrected chi connectivity index (χ0v) is 32.0. The maximum atomic E-state index is 15.0. The number of methoxy groups -OCH3 is 1. The fraction of sp³-hybridized carbons (Fsp3) is 0.222. The second-order valence-electron chi connectivity index (χ2n) is 13.1. The van der Waals surface area contributed by atoms with Gasteiger partial charge in [0.1, 0.15) is 25.0 Å². The Hall–Kier alpha value is -6.95. The first kappa shape index (κ1) is 41.2. The fourth-order valence-corrected chi connectivity index (χ4v) is 6.29. The topological polar surface area (TPSA) is 162 Å². The zero-order chi connectivity index (χ0) is 40.4. The number of rotatable bonds is 16. The molecular weight excluding hydrogens is 723 g/mol. The Kier molecular flexibility index (Phi) is 15.3. The van der Waals surface area contributed by atoms with Crippen LogP contribution in [0.2, 0.25) is 0 Å². The summed E-state index contributed by atoms with van der Waals surface area (Å²) in [6.07, 6.45) is -1.35. The third-order valence-electron chi connectivity index (χ3n) is 9.22. The first-order valence-electron chi connectivity index (χ1n) is 18.6. The third kappa shape index (κ3) is 12.3. The predicted octanol–water partition coefficient (Wildman–Crippen LogP) is 7.26. The normalized spacial score (nSPS) is 11.7. The lowest BCUT2D eigenvalue weighted by Crippen LogP contribution is -2.50. The number of alkyl carbamates (subject to hydrolysis) is 2. The number of ether oxygens (including phenoxy) is 3. The van der Waals surface area contributed by atoms with Gasteiger partial charge in [0.2, 0.25) is 17.8 Å². The van der Waals surface area contributed by atoms with Gasteiger partial charge >= 0.3 is 12.2 Å². The summed E-state index contributed by atoms with van der Waals surface area (Å²) < 4.78 is 16.1. The van der Waals surface area contributed by atoms with Crippen molar-refractivity contribution in [1.82, 2.24) is 15.5 Å². The van der Waals surface area contributed by atoms with Gasteiger partial charge in [0.25, 0.3) is 0 Å². The summed E-state index contributed by atoms with van der Waals surface area (Å²) in [4.78, 5) is 60.0. The number of nitrogens with zero attached hydrogens (tertiary/aromatic N) is 2. The van der Waals surface area contributed by atoms with Crippen LogP contribution in [0, 0.1) is 0 Å². The standard InChI is InChI=1S/C45H47N5O7/c1-32(35-25-27-38(55-2)28-26-35)50(42(52)40(36-20-11-5-12-21-36)37-22-13-6-14-23-37)39(41(46)51)24-15-29-47-43(48-44(53)56-30-33-16-7-3-8-17-33)49-45(54)57-31-34-18-9-4-10-19-34/h3-14,16-23,25-28,32,39-40H,15,24,29-31H2,1-2H3,(H2,46,51)(H2,47,48,49,53,54)/t32-,39-/m1/s1. The highest BCUT2D eigenvalue weighted by atomic mass is 16.6. The smallest absolute Gasteiger partial charge is 0.414 e. The van der Waals surface area contributed by atoms with E-state index in [-0.39, 0.29) is 44.5 Å². The zero-order valence-electron chi connectivity index (χ0n) is 32.0. The maximum absolute atomic E-state index is 15.0. The van der Waals surface area contributed by atoms with Crippen LogP contribution in [0.1, 0.15) is 59.5 Å². The van der Waals surface area contributed by atoms with E-state index in [2.05, 4.69) is 15.6 Å². The molecular formula is C45H47N5O7. The number of amides is 4. The average Bonchev–Trinajstić information content (AvgIpc) is 3.24. The van der Waals surface area contributed by atoms with Crippen LogP contribution in [0.15, 0.2) is 151 Å². The molecule has 12 heteroatoms. The number of carbonyl (C=O) groups is 4. The molecule has 0 spiro atoms. The number of carbonyl (C=O) groups excluding carboxylic acids is 4. The Balaban J connectivity index is 1.38. The molecule has 0 saturated heterocycles. The van der Waals surface area contributed by atoms with Crippen molar-refractivity contribution < 1.29 is 33.4 Å². The molecule has 0 aromatic heterocycles. The summed E-state index contributed by atoms with van der Waals surface area (Å²) in [6, 6.07) is 42.6. The van der Waals surface area contributed by atoms with Gasteiger partial charge in [-0.2, -0.15) is 0 Å². The van der Waals surface area contributed by atoms with E-state index in [1.54, 1.807) is 24.1 Å². The maximum Gasteiger partial charge on any atom is 0.414 e. The molecule has 0 radical (unpaired) electrons. The van der Waals surface area contributed by atoms with Gasteiger partial charge in [-0.25, -0.2) is 9.59 Å². The van der Waals surface area contributed by atoms with Gasteiger partial charge in [0.15, 0.2) is 0 Å². The van der Waals surface area contributed by atoms with Crippen LogP contribution < -0.4 is 21.1 Å². The lowest BCUT2D eigenvalue weighted by atomic mass is 9.88. The molecule has 0 heterocycles. The van der Waals surface area contributed by atoms with Crippen molar-refractivity contribution in [2.24, 2.45) is 10.7 Å². The van der Waals surface area contributed by atoms with E-state index < -0.39 is 36.1 Å². The minimum absolute atomic E-state index is 0.0120. The Morgan fingerprint density at radius 3 is 1.54 bits per heavy atom. The highest BCUT2D eigenvalue weighted by Crippen LogP contribution is 2.34. The van der Waals surface area contributed by atoms with Crippen LogP contribution >= 0.6 is 0 Å². The van der Waals surface area contributed by atoms with Crippen LogP contribution in [0.4, 0.5) is 9.59 Å². The molecule has 5 aromatic rings. The SMILES string of the molecule is COc1ccc([C@@H](C)N(C(=O)C(c2ccccc2)c2ccccc2)[C@H](CCCN=C(NC(=O)OCc2ccccc2)NC(=O)OCc2ccccc2)C(N)=O)cc1. The molecule has 0 aliphatic rings. The van der Waals surface area contributed by atoms with Crippen molar-refractivity contribution in [1.29, 1.82) is 0 Å². The molecule has 4 amide bonds. The van der Waals surface area contributed by atoms with E-state index in [4.69, 9.17) is 19.9 Å². The molecule has 0 bridgehead atoms. The molecule has 2 atom stereocenters. The Morgan fingerprint density at radius 1 is 0.649 bits per heavy atom. The summed E-state index contributed by atoms with van der Waals surface area (Å²) in [7, 11) is 1.57. The summed E-state index contributed by atoms with van der Waals surface area (Å²) in [5.41, 5.74) is 9.94. The minimum Gasteiger partial charge on any atom is -0.497 e. The lowest BCUT2D eigenvalue weighted by molar-refractivity contribution is -0.142. The number of nitrogens with one attached hydrogen (secondary N) is 2. The second kappa shape index (κ2) is 21.2. The third-order valence-corrected chi connectivity index (χ3v) is 9.22. The van der Waals surface area contributed by atoms with Crippen LogP contribution in [0.5, 0.6) is 5.75 Å². The van der Waals surface area contributed by atoms with E-state index in [1.807, 2.05) is 140 Å². The van der Waals surface area contributed by atoms with Crippen molar-refractivity contribution in [2.75, 3.05) is 13.7 Å². The first-order chi connectivity index (χ1) is 27.7. The molecule has 294 valence electrons. The van der Waals surface area contributed by atoms with Crippen LogP contribution in [0.25, 0.3) is 0 Å². The molecule has 4 N–H and O–H groups in total. The van der Waals surface area contributed by atoms with Gasteiger partial charge < -0.3 is 24.8 Å². The lowest BCUT2D eigenvalue weighted by Gasteiger charge is -2.38. The van der Waals surface area contributed by atoms with Crippen molar-refractivity contribution in [2.45, 2.75) is 51.0 Å². The van der Waals surface area contributed by atoms with Crippen LogP contribution in [-0.4, -0.2) is 54.6 Å². The summed E-state index contributed by atoms with van der Waals surface area (Å²) in [5.74, 6) is -1.32. The van der Waals surface area contributed by atoms with Gasteiger partial charge in [0.05, 0.1) is 19.1 Å². The quantitative estimate of drug-likeness (QED) is 0.0541. The Bertz CT molecular complexity index is 1970. The van der Waals surface area contributed by atoms with Gasteiger partial charge in [-0.1, -0.05) is 133 Å². The first-order valence-corrected chi connectivity index (χ1v) is 18.6. The van der Waals surface area contributed by atoms with Crippen molar-refractivity contribution >= 4 is 30.0 Å². The monoisotopic (exact) mass is 769 g/mol. The molecule has 0 unspecified atom stereocenters. The van der Waals surface area contributed by atoms with Crippen LogP contribution in [-0.2, 0) is 32.3 Å². The summed E-state index contributed by atoms with van der Waals surface area (Å²) in [5, 5.41) is 4.96. The summed E-state index contributed by atoms with van der Waals surface area (Å²) in [6.45, 7) is 1.86. The highest BCUT2D eigenvalue weighted by molar-refractivity contribution is 6.01. The van der Waals surface area contributed by atoms with Gasteiger partial charge in [-0.05, 0) is 59.7 Å². The molecule has 0 aliphatic carbocycles. The number of aliphatic imine (C=N–C) groups is 1. The predicted molar refractivity (Wildman–Crippen MR) is 217 cm³/mol. The molecule has 12 nitrogen and oxygen atoms in total. The largest absolute Gasteiger partial charge is 0.497 e. The number of hydrogen-bond donors (Lipinski definition) is 3. The van der Waals surface area contributed by atoms with Gasteiger partial charge in [0, 0.05) is 6.54 Å². The van der Waals surface area contributed by atoms with Crippen molar-refractivity contribution in [3.05, 3.63) is 173 Å². The van der Waals surface area contributed by atoms with E-state index in [0.717, 1.165) is 27.8 Å². The van der Waals surface area contributed by atoms with Gasteiger partial charge in [-0.15, -0.1) is 0 Å². The van der Waals surface area contributed by atoms with E-state index in [1.165, 1.54) is 0 Å². The average molecular weight is 770 g/mol. The number of nitrogens with two attached hydrogens (primary N) is 1. The minimum atomic E-state index is -1.06. The molecule has 0 aliphatic heterocycles. The van der Waals surface area contributed by atoms with Crippen molar-refractivity contribution in [3.8, 4) is 5.75 Å². The van der Waals surface area contributed by atoms with Crippen molar-refractivity contribution in [3.63, 3.8) is 0 Å². The number of hydrogen-bond acceptors (Lipinski definition) is 8. The molecule has 0 fully saturated rings. The molecule has 5 rings (SSSR count). The van der Waals surface area contributed by atoms with E-state index >= 15 is 0 Å². The number of guanidine groups is 1. The Labute approximate surface area is 332 Å². The number of primary amides is 1. The summed E-state index contributed by atoms with van der Waals surface area (Å²) >= 11 is 0. The number of benzene rings is 5. The van der Waals surface area contributed by atoms with E-state index in [0.29, 0.717) is 5.75 Å². The second-order valence-corrected chi connectivity index (χ2v) is 13.1. The highest BCUT2D eigenvalue weighted by Gasteiger charge is 2.37. The van der Waals surface area contributed by atoms with E-state index in [9.17, 15) is 19.2 Å². The Morgan fingerprint density at radius 2 is 1.11 bits per heavy atom. The molecule has 0 saturated carbocycles.